The summed E-state index contributed by atoms with van der Waals surface area (Å²) in [5, 5.41) is 17.2. The zero-order chi connectivity index (χ0) is 13.0. The molecule has 0 aliphatic heterocycles. The van der Waals surface area contributed by atoms with Gasteiger partial charge in [-0.15, -0.1) is 0 Å². The smallest absolute Gasteiger partial charge is 0.255 e. The van der Waals surface area contributed by atoms with Gasteiger partial charge >= 0.3 is 0 Å². The number of carbonyl (C=O) groups is 1. The Kier molecular flexibility index (Phi) is 4.57. The largest absolute Gasteiger partial charge is 0.392 e. The van der Waals surface area contributed by atoms with Crippen molar-refractivity contribution in [2.24, 2.45) is 0 Å². The minimum Gasteiger partial charge on any atom is -0.392 e. The Balaban J connectivity index is 2.98. The number of amides is 1. The summed E-state index contributed by atoms with van der Waals surface area (Å²) in [6.07, 6.45) is 0.126. The van der Waals surface area contributed by atoms with Crippen molar-refractivity contribution in [1.29, 1.82) is 0 Å². The van der Waals surface area contributed by atoms with Crippen LogP contribution in [0.25, 0.3) is 0 Å². The summed E-state index contributed by atoms with van der Waals surface area (Å²) >= 11 is 0. The fraction of sp³-hybridized carbons (Fsp3) is 0.583. The molecule has 1 atom stereocenters. The van der Waals surface area contributed by atoms with Gasteiger partial charge in [-0.3, -0.25) is 4.79 Å². The lowest BCUT2D eigenvalue weighted by Crippen LogP contribution is -2.33. The lowest BCUT2D eigenvalue weighted by Gasteiger charge is -2.19. The number of aliphatic hydroxyl groups is 1. The van der Waals surface area contributed by atoms with E-state index in [2.05, 4.69) is 10.2 Å². The maximum Gasteiger partial charge on any atom is 0.255 e. The summed E-state index contributed by atoms with van der Waals surface area (Å²) in [4.78, 5) is 13.7. The summed E-state index contributed by atoms with van der Waals surface area (Å²) in [5.41, 5.74) is 1.98. The molecule has 1 N–H and O–H groups in total. The fourth-order valence-corrected chi connectivity index (χ4v) is 1.65. The first-order valence-electron chi connectivity index (χ1n) is 5.72. The van der Waals surface area contributed by atoms with Gasteiger partial charge < -0.3 is 10.0 Å². The highest BCUT2D eigenvalue weighted by Crippen LogP contribution is 2.10. The van der Waals surface area contributed by atoms with Crippen molar-refractivity contribution in [3.05, 3.63) is 23.0 Å². The zero-order valence-corrected chi connectivity index (χ0v) is 10.8. The predicted octanol–water partition coefficient (Wildman–Crippen LogP) is 0.800. The molecule has 0 fully saturated rings. The number of aromatic nitrogens is 2. The summed E-state index contributed by atoms with van der Waals surface area (Å²) in [7, 11) is 1.67. The SMILES string of the molecule is CCc1nnc(C)cc1C(=O)N(C)CC(C)O. The molecule has 0 aliphatic rings. The van der Waals surface area contributed by atoms with Crippen LogP contribution in [0.5, 0.6) is 0 Å². The number of aliphatic hydroxyl groups excluding tert-OH is 1. The van der Waals surface area contributed by atoms with E-state index < -0.39 is 6.10 Å². The molecule has 1 amide bonds. The van der Waals surface area contributed by atoms with Crippen molar-refractivity contribution in [2.45, 2.75) is 33.3 Å². The quantitative estimate of drug-likeness (QED) is 0.841. The summed E-state index contributed by atoms with van der Waals surface area (Å²) in [6.45, 7) is 5.70. The van der Waals surface area contributed by atoms with E-state index >= 15 is 0 Å². The minimum atomic E-state index is -0.537. The molecule has 5 nitrogen and oxygen atoms in total. The van der Waals surface area contributed by atoms with E-state index in [4.69, 9.17) is 0 Å². The Labute approximate surface area is 101 Å². The van der Waals surface area contributed by atoms with E-state index in [9.17, 15) is 9.90 Å². The second-order valence-corrected chi connectivity index (χ2v) is 4.23. The molecule has 0 saturated carbocycles. The number of aryl methyl sites for hydroxylation is 2. The standard InChI is InChI=1S/C12H19N3O2/c1-5-11-10(6-8(2)13-14-11)12(17)15(4)7-9(3)16/h6,9,16H,5,7H2,1-4H3. The van der Waals surface area contributed by atoms with Gasteiger partial charge in [0.15, 0.2) is 0 Å². The van der Waals surface area contributed by atoms with Gasteiger partial charge in [-0.1, -0.05) is 6.92 Å². The van der Waals surface area contributed by atoms with Crippen LogP contribution in [0.3, 0.4) is 0 Å². The molecular formula is C12H19N3O2. The van der Waals surface area contributed by atoms with Crippen molar-refractivity contribution >= 4 is 5.91 Å². The van der Waals surface area contributed by atoms with Crippen LogP contribution in [0.2, 0.25) is 0 Å². The van der Waals surface area contributed by atoms with Crippen molar-refractivity contribution in [1.82, 2.24) is 15.1 Å². The lowest BCUT2D eigenvalue weighted by atomic mass is 10.1. The molecule has 17 heavy (non-hydrogen) atoms. The van der Waals surface area contributed by atoms with E-state index in [1.807, 2.05) is 6.92 Å². The van der Waals surface area contributed by atoms with E-state index in [0.29, 0.717) is 24.2 Å². The molecule has 0 spiro atoms. The Morgan fingerprint density at radius 2 is 2.18 bits per heavy atom. The summed E-state index contributed by atoms with van der Waals surface area (Å²) in [5.74, 6) is -0.124. The molecule has 1 aromatic heterocycles. The number of carbonyl (C=O) groups excluding carboxylic acids is 1. The van der Waals surface area contributed by atoms with E-state index in [1.165, 1.54) is 4.90 Å². The molecule has 5 heteroatoms. The molecule has 0 saturated heterocycles. The van der Waals surface area contributed by atoms with Gasteiger partial charge in [0.2, 0.25) is 0 Å². The molecule has 94 valence electrons. The third-order valence-electron chi connectivity index (χ3n) is 2.44. The second-order valence-electron chi connectivity index (χ2n) is 4.23. The number of rotatable bonds is 4. The lowest BCUT2D eigenvalue weighted by molar-refractivity contribution is 0.0702. The summed E-state index contributed by atoms with van der Waals surface area (Å²) in [6, 6.07) is 1.74. The van der Waals surface area contributed by atoms with Gasteiger partial charge in [-0.25, -0.2) is 0 Å². The molecule has 1 unspecified atom stereocenters. The maximum absolute atomic E-state index is 12.2. The molecule has 0 bridgehead atoms. The number of hydrogen-bond acceptors (Lipinski definition) is 4. The van der Waals surface area contributed by atoms with Crippen LogP contribution in [-0.2, 0) is 6.42 Å². The molecule has 0 aliphatic carbocycles. The Hall–Kier alpha value is -1.49. The first-order chi connectivity index (χ1) is 7.95. The monoisotopic (exact) mass is 237 g/mol. The highest BCUT2D eigenvalue weighted by atomic mass is 16.3. The number of likely N-dealkylation sites (N-methyl/N-ethyl adjacent to an activating group) is 1. The van der Waals surface area contributed by atoms with Crippen LogP contribution in [0.1, 0.15) is 35.6 Å². The van der Waals surface area contributed by atoms with Crippen LogP contribution >= 0.6 is 0 Å². The first kappa shape index (κ1) is 13.6. The van der Waals surface area contributed by atoms with Gasteiger partial charge in [0, 0.05) is 13.6 Å². The van der Waals surface area contributed by atoms with Gasteiger partial charge in [0.05, 0.1) is 23.1 Å². The van der Waals surface area contributed by atoms with Gasteiger partial charge in [0.1, 0.15) is 0 Å². The predicted molar refractivity (Wildman–Crippen MR) is 64.8 cm³/mol. The number of nitrogens with zero attached hydrogens (tertiary/aromatic N) is 3. The van der Waals surface area contributed by atoms with Gasteiger partial charge in [-0.2, -0.15) is 10.2 Å². The third-order valence-corrected chi connectivity index (χ3v) is 2.44. The van der Waals surface area contributed by atoms with Crippen molar-refractivity contribution in [2.75, 3.05) is 13.6 Å². The van der Waals surface area contributed by atoms with Crippen LogP contribution < -0.4 is 0 Å². The van der Waals surface area contributed by atoms with E-state index in [-0.39, 0.29) is 5.91 Å². The van der Waals surface area contributed by atoms with E-state index in [0.717, 1.165) is 5.69 Å². The third kappa shape index (κ3) is 3.49. The van der Waals surface area contributed by atoms with Crippen LogP contribution in [0.15, 0.2) is 6.07 Å². The molecular weight excluding hydrogens is 218 g/mol. The van der Waals surface area contributed by atoms with Gasteiger partial charge in [0.25, 0.3) is 5.91 Å². The Morgan fingerprint density at radius 1 is 1.53 bits per heavy atom. The average molecular weight is 237 g/mol. The van der Waals surface area contributed by atoms with Crippen LogP contribution in [0, 0.1) is 6.92 Å². The first-order valence-corrected chi connectivity index (χ1v) is 5.72. The Bertz CT molecular complexity index is 405. The molecule has 0 radical (unpaired) electrons. The molecule has 1 aromatic rings. The van der Waals surface area contributed by atoms with E-state index in [1.54, 1.807) is 27.0 Å². The topological polar surface area (TPSA) is 66.3 Å². The van der Waals surface area contributed by atoms with Crippen molar-refractivity contribution in [3.63, 3.8) is 0 Å². The van der Waals surface area contributed by atoms with Gasteiger partial charge in [-0.05, 0) is 26.3 Å². The molecule has 0 aromatic carbocycles. The highest BCUT2D eigenvalue weighted by Gasteiger charge is 2.17. The fourth-order valence-electron chi connectivity index (χ4n) is 1.65. The normalized spacial score (nSPS) is 12.3. The van der Waals surface area contributed by atoms with Crippen molar-refractivity contribution in [3.8, 4) is 0 Å². The zero-order valence-electron chi connectivity index (χ0n) is 10.8. The molecule has 1 heterocycles. The second kappa shape index (κ2) is 5.72. The number of hydrogen-bond donors (Lipinski definition) is 1. The van der Waals surface area contributed by atoms with Crippen LogP contribution in [0.4, 0.5) is 0 Å². The maximum atomic E-state index is 12.2. The van der Waals surface area contributed by atoms with Crippen molar-refractivity contribution < 1.29 is 9.90 Å². The summed E-state index contributed by atoms with van der Waals surface area (Å²) < 4.78 is 0. The minimum absolute atomic E-state index is 0.124. The van der Waals surface area contributed by atoms with Crippen LogP contribution in [-0.4, -0.2) is 45.8 Å². The molecule has 1 rings (SSSR count). The highest BCUT2D eigenvalue weighted by molar-refractivity contribution is 5.95. The Morgan fingerprint density at radius 3 is 2.71 bits per heavy atom. The average Bonchev–Trinajstić information content (AvgIpc) is 2.27.